The van der Waals surface area contributed by atoms with Crippen molar-refractivity contribution in [2.45, 2.75) is 19.0 Å². The van der Waals surface area contributed by atoms with Gasteiger partial charge in [0.05, 0.1) is 17.0 Å². The summed E-state index contributed by atoms with van der Waals surface area (Å²) in [6.07, 6.45) is 0. The first-order valence-corrected chi connectivity index (χ1v) is 7.17. The molecule has 0 spiro atoms. The quantitative estimate of drug-likeness (QED) is 0.527. The molecule has 0 atom stereocenters. The molecule has 1 N–H and O–H groups in total. The SMILES string of the molecule is CC(=O)c1c(C)nc(S(=O)(=O)O)nc1-c1ccccc1. The number of rotatable bonds is 3. The number of ketones is 1. The van der Waals surface area contributed by atoms with Crippen molar-refractivity contribution < 1.29 is 17.8 Å². The summed E-state index contributed by atoms with van der Waals surface area (Å²) in [5.74, 6) is -0.275. The van der Waals surface area contributed by atoms with E-state index in [0.29, 0.717) is 5.56 Å². The maximum absolute atomic E-state index is 11.7. The van der Waals surface area contributed by atoms with Gasteiger partial charge < -0.3 is 0 Å². The van der Waals surface area contributed by atoms with E-state index in [1.807, 2.05) is 0 Å². The number of aromatic nitrogens is 2. The molecular formula is C13H12N2O4S. The number of Topliss-reactive ketones (excluding diaryl/α,β-unsaturated/α-hetero) is 1. The van der Waals surface area contributed by atoms with Gasteiger partial charge in [-0.3, -0.25) is 9.35 Å². The molecule has 0 aliphatic rings. The maximum atomic E-state index is 11.7. The van der Waals surface area contributed by atoms with Crippen LogP contribution in [0.1, 0.15) is 23.0 Å². The fourth-order valence-corrected chi connectivity index (χ4v) is 2.35. The van der Waals surface area contributed by atoms with Crippen LogP contribution in [0, 0.1) is 6.92 Å². The summed E-state index contributed by atoms with van der Waals surface area (Å²) in [6.45, 7) is 2.85. The minimum atomic E-state index is -4.53. The van der Waals surface area contributed by atoms with E-state index in [-0.39, 0.29) is 22.7 Å². The molecule has 6 nitrogen and oxygen atoms in total. The molecule has 0 aliphatic heterocycles. The van der Waals surface area contributed by atoms with Crippen molar-refractivity contribution in [2.24, 2.45) is 0 Å². The summed E-state index contributed by atoms with van der Waals surface area (Å²) in [4.78, 5) is 19.2. The fraction of sp³-hybridized carbons (Fsp3) is 0.154. The molecule has 0 amide bonds. The molecule has 1 aromatic carbocycles. The molecule has 1 aromatic heterocycles. The van der Waals surface area contributed by atoms with Crippen molar-refractivity contribution in [2.75, 3.05) is 0 Å². The topological polar surface area (TPSA) is 97.2 Å². The standard InChI is InChI=1S/C13H12N2O4S/c1-8-11(9(2)16)12(10-6-4-3-5-7-10)15-13(14-8)20(17,18)19/h3-7H,1-2H3,(H,17,18,19). The molecule has 0 saturated carbocycles. The van der Waals surface area contributed by atoms with Crippen LogP contribution in [0.2, 0.25) is 0 Å². The van der Waals surface area contributed by atoms with Crippen LogP contribution in [0.5, 0.6) is 0 Å². The predicted octanol–water partition coefficient (Wildman–Crippen LogP) is 1.90. The molecule has 0 bridgehead atoms. The molecular weight excluding hydrogens is 280 g/mol. The molecule has 104 valence electrons. The molecule has 1 heterocycles. The van der Waals surface area contributed by atoms with Crippen LogP contribution in [0.4, 0.5) is 0 Å². The Bertz CT molecular complexity index is 770. The number of hydrogen-bond acceptors (Lipinski definition) is 5. The zero-order valence-corrected chi connectivity index (χ0v) is 11.7. The second-order valence-electron chi connectivity index (χ2n) is 4.21. The molecule has 20 heavy (non-hydrogen) atoms. The Kier molecular flexibility index (Phi) is 3.65. The van der Waals surface area contributed by atoms with Crippen molar-refractivity contribution in [1.29, 1.82) is 0 Å². The average molecular weight is 292 g/mol. The van der Waals surface area contributed by atoms with Crippen molar-refractivity contribution >= 4 is 15.9 Å². The zero-order valence-electron chi connectivity index (χ0n) is 10.9. The van der Waals surface area contributed by atoms with Crippen molar-refractivity contribution in [3.63, 3.8) is 0 Å². The summed E-state index contributed by atoms with van der Waals surface area (Å²) in [7, 11) is -4.53. The van der Waals surface area contributed by atoms with Crippen LogP contribution in [-0.4, -0.2) is 28.7 Å². The zero-order chi connectivity index (χ0) is 14.9. The molecule has 2 rings (SSSR count). The first-order chi connectivity index (χ1) is 9.30. The normalized spacial score (nSPS) is 11.3. The van der Waals surface area contributed by atoms with Gasteiger partial charge in [-0.15, -0.1) is 0 Å². The smallest absolute Gasteiger partial charge is 0.294 e. The van der Waals surface area contributed by atoms with Crippen LogP contribution in [0.25, 0.3) is 11.3 Å². The van der Waals surface area contributed by atoms with Gasteiger partial charge >= 0.3 is 10.1 Å². The fourth-order valence-electron chi connectivity index (χ4n) is 1.89. The van der Waals surface area contributed by atoms with Crippen LogP contribution >= 0.6 is 0 Å². The van der Waals surface area contributed by atoms with Crippen LogP contribution in [-0.2, 0) is 10.1 Å². The average Bonchev–Trinajstić information content (AvgIpc) is 2.37. The second kappa shape index (κ2) is 5.10. The summed E-state index contributed by atoms with van der Waals surface area (Å²) in [5.41, 5.74) is 1.22. The molecule has 0 saturated heterocycles. The van der Waals surface area contributed by atoms with E-state index < -0.39 is 15.3 Å². The Labute approximate surface area is 116 Å². The number of nitrogens with zero attached hydrogens (tertiary/aromatic N) is 2. The highest BCUT2D eigenvalue weighted by atomic mass is 32.2. The van der Waals surface area contributed by atoms with Gasteiger partial charge in [-0.25, -0.2) is 9.97 Å². The second-order valence-corrected chi connectivity index (χ2v) is 5.53. The van der Waals surface area contributed by atoms with Gasteiger partial charge in [0.1, 0.15) is 0 Å². The van der Waals surface area contributed by atoms with Gasteiger partial charge in [-0.1, -0.05) is 30.3 Å². The van der Waals surface area contributed by atoms with Gasteiger partial charge in [0.2, 0.25) is 0 Å². The van der Waals surface area contributed by atoms with Gasteiger partial charge in [0.25, 0.3) is 5.16 Å². The van der Waals surface area contributed by atoms with E-state index in [2.05, 4.69) is 9.97 Å². The molecule has 0 unspecified atom stereocenters. The third-order valence-electron chi connectivity index (χ3n) is 2.70. The highest BCUT2D eigenvalue weighted by Crippen LogP contribution is 2.25. The Morgan fingerprint density at radius 1 is 1.15 bits per heavy atom. The third-order valence-corrected chi connectivity index (χ3v) is 3.34. The molecule has 0 aliphatic carbocycles. The maximum Gasteiger partial charge on any atom is 0.330 e. The summed E-state index contributed by atoms with van der Waals surface area (Å²) >= 11 is 0. The first kappa shape index (κ1) is 14.3. The lowest BCUT2D eigenvalue weighted by molar-refractivity contribution is 0.101. The number of carbonyl (C=O) groups excluding carboxylic acids is 1. The molecule has 0 fully saturated rings. The lowest BCUT2D eigenvalue weighted by atomic mass is 10.0. The van der Waals surface area contributed by atoms with E-state index in [4.69, 9.17) is 4.55 Å². The van der Waals surface area contributed by atoms with Crippen molar-refractivity contribution in [3.05, 3.63) is 41.6 Å². The molecule has 2 aromatic rings. The molecule has 7 heteroatoms. The molecule has 0 radical (unpaired) electrons. The minimum Gasteiger partial charge on any atom is -0.294 e. The van der Waals surface area contributed by atoms with Crippen LogP contribution < -0.4 is 0 Å². The van der Waals surface area contributed by atoms with Crippen LogP contribution in [0.15, 0.2) is 35.5 Å². The number of aryl methyl sites for hydroxylation is 1. The third kappa shape index (κ3) is 2.73. The lowest BCUT2D eigenvalue weighted by Gasteiger charge is -2.10. The summed E-state index contributed by atoms with van der Waals surface area (Å²) in [5, 5.41) is -0.709. The Morgan fingerprint density at radius 3 is 2.25 bits per heavy atom. The monoisotopic (exact) mass is 292 g/mol. The van der Waals surface area contributed by atoms with Gasteiger partial charge in [0, 0.05) is 5.56 Å². The van der Waals surface area contributed by atoms with Crippen molar-refractivity contribution in [3.8, 4) is 11.3 Å². The van der Waals surface area contributed by atoms with Gasteiger partial charge in [0.15, 0.2) is 5.78 Å². The Balaban J connectivity index is 2.82. The van der Waals surface area contributed by atoms with E-state index >= 15 is 0 Å². The number of benzene rings is 1. The first-order valence-electron chi connectivity index (χ1n) is 5.73. The van der Waals surface area contributed by atoms with E-state index in [1.165, 1.54) is 13.8 Å². The highest BCUT2D eigenvalue weighted by Gasteiger charge is 2.22. The minimum absolute atomic E-state index is 0.193. The highest BCUT2D eigenvalue weighted by molar-refractivity contribution is 7.85. The lowest BCUT2D eigenvalue weighted by Crippen LogP contribution is -2.12. The Morgan fingerprint density at radius 2 is 1.75 bits per heavy atom. The van der Waals surface area contributed by atoms with Crippen molar-refractivity contribution in [1.82, 2.24) is 9.97 Å². The van der Waals surface area contributed by atoms with Gasteiger partial charge in [-0.05, 0) is 13.8 Å². The summed E-state index contributed by atoms with van der Waals surface area (Å²) in [6, 6.07) is 8.66. The van der Waals surface area contributed by atoms with E-state index in [0.717, 1.165) is 0 Å². The van der Waals surface area contributed by atoms with E-state index in [1.54, 1.807) is 30.3 Å². The summed E-state index contributed by atoms with van der Waals surface area (Å²) < 4.78 is 31.5. The largest absolute Gasteiger partial charge is 0.330 e. The number of carbonyl (C=O) groups is 1. The van der Waals surface area contributed by atoms with Gasteiger partial charge in [-0.2, -0.15) is 8.42 Å². The van der Waals surface area contributed by atoms with Crippen LogP contribution in [0.3, 0.4) is 0 Å². The predicted molar refractivity (Wildman–Crippen MR) is 72.0 cm³/mol. The van der Waals surface area contributed by atoms with E-state index in [9.17, 15) is 13.2 Å². The Hall–Kier alpha value is -2.12. The number of hydrogen-bond donors (Lipinski definition) is 1.